The predicted octanol–water partition coefficient (Wildman–Crippen LogP) is 5.48. The molecule has 2 aromatic rings. The molecule has 1 N–H and O–H groups in total. The quantitative estimate of drug-likeness (QED) is 0.598. The van der Waals surface area contributed by atoms with E-state index < -0.39 is 0 Å². The van der Waals surface area contributed by atoms with Crippen LogP contribution in [0.25, 0.3) is 0 Å². The molecule has 4 heteroatoms. The zero-order valence-electron chi connectivity index (χ0n) is 15.6. The van der Waals surface area contributed by atoms with Crippen LogP contribution in [0.5, 0.6) is 11.5 Å². The van der Waals surface area contributed by atoms with E-state index in [-0.39, 0.29) is 0 Å². The number of aryl methyl sites for hydroxylation is 1. The van der Waals surface area contributed by atoms with E-state index in [1.54, 1.807) is 0 Å². The molecule has 0 saturated carbocycles. The molecule has 0 aliphatic carbocycles. The van der Waals surface area contributed by atoms with Crippen molar-refractivity contribution in [1.82, 2.24) is 5.32 Å². The van der Waals surface area contributed by atoms with Gasteiger partial charge in [0.2, 0.25) is 0 Å². The topological polar surface area (TPSA) is 30.5 Å². The Labute approximate surface area is 159 Å². The van der Waals surface area contributed by atoms with E-state index in [2.05, 4.69) is 72.3 Å². The van der Waals surface area contributed by atoms with Gasteiger partial charge in [0, 0.05) is 11.0 Å². The predicted molar refractivity (Wildman–Crippen MR) is 107 cm³/mol. The molecule has 0 spiro atoms. The van der Waals surface area contributed by atoms with Gasteiger partial charge in [0.05, 0.1) is 6.61 Å². The number of hydrogen-bond acceptors (Lipinski definition) is 3. The van der Waals surface area contributed by atoms with Crippen molar-refractivity contribution < 1.29 is 9.47 Å². The third-order valence-electron chi connectivity index (χ3n) is 3.76. The van der Waals surface area contributed by atoms with E-state index in [4.69, 9.17) is 9.47 Å². The lowest BCUT2D eigenvalue weighted by Gasteiger charge is -2.16. The fraction of sp³-hybridized carbons (Fsp3) is 0.429. The van der Waals surface area contributed by atoms with Crippen molar-refractivity contribution >= 4 is 15.9 Å². The van der Waals surface area contributed by atoms with Gasteiger partial charge in [0.15, 0.2) is 11.5 Å². The van der Waals surface area contributed by atoms with Crippen molar-refractivity contribution in [3.63, 3.8) is 0 Å². The summed E-state index contributed by atoms with van der Waals surface area (Å²) in [5.74, 6) is 2.18. The van der Waals surface area contributed by atoms with Crippen LogP contribution in [-0.2, 0) is 13.2 Å². The minimum Gasteiger partial charge on any atom is -0.490 e. The summed E-state index contributed by atoms with van der Waals surface area (Å²) in [6.45, 7) is 11.4. The van der Waals surface area contributed by atoms with E-state index in [1.165, 1.54) is 11.1 Å². The summed E-state index contributed by atoms with van der Waals surface area (Å²) in [7, 11) is 0. The number of rotatable bonds is 9. The summed E-state index contributed by atoms with van der Waals surface area (Å²) in [5.41, 5.74) is 3.56. The molecule has 0 fully saturated rings. The number of halogens is 1. The molecule has 0 bridgehead atoms. The fourth-order valence-electron chi connectivity index (χ4n) is 2.55. The summed E-state index contributed by atoms with van der Waals surface area (Å²) in [6, 6.07) is 12.4. The van der Waals surface area contributed by atoms with Gasteiger partial charge >= 0.3 is 0 Å². The summed E-state index contributed by atoms with van der Waals surface area (Å²) in [6.07, 6.45) is 0. The zero-order chi connectivity index (χ0) is 18.2. The highest BCUT2D eigenvalue weighted by Crippen LogP contribution is 2.34. The first kappa shape index (κ1) is 19.8. The first-order valence-corrected chi connectivity index (χ1v) is 9.63. The van der Waals surface area contributed by atoms with Gasteiger partial charge < -0.3 is 14.8 Å². The van der Waals surface area contributed by atoms with E-state index in [9.17, 15) is 0 Å². The lowest BCUT2D eigenvalue weighted by molar-refractivity contribution is 0.268. The SMILES string of the molecule is CCOc1cc(CNCC(C)C)c(Br)cc1OCc1cccc(C)c1. The second kappa shape index (κ2) is 9.83. The second-order valence-corrected chi connectivity index (χ2v) is 7.48. The third-order valence-corrected chi connectivity index (χ3v) is 4.50. The molecule has 0 unspecified atom stereocenters. The molecular formula is C21H28BrNO2. The molecule has 2 rings (SSSR count). The number of ether oxygens (including phenoxy) is 2. The molecule has 0 aliphatic rings. The van der Waals surface area contributed by atoms with Gasteiger partial charge in [-0.1, -0.05) is 59.6 Å². The van der Waals surface area contributed by atoms with Crippen LogP contribution in [0.2, 0.25) is 0 Å². The monoisotopic (exact) mass is 405 g/mol. The molecule has 0 radical (unpaired) electrons. The molecule has 136 valence electrons. The van der Waals surface area contributed by atoms with Gasteiger partial charge in [-0.2, -0.15) is 0 Å². The lowest BCUT2D eigenvalue weighted by Crippen LogP contribution is -2.19. The molecule has 0 heterocycles. The largest absolute Gasteiger partial charge is 0.490 e. The van der Waals surface area contributed by atoms with Crippen LogP contribution in [0.3, 0.4) is 0 Å². The molecule has 3 nitrogen and oxygen atoms in total. The lowest BCUT2D eigenvalue weighted by atomic mass is 10.1. The van der Waals surface area contributed by atoms with E-state index in [0.717, 1.165) is 34.6 Å². The third kappa shape index (κ3) is 6.37. The van der Waals surface area contributed by atoms with Crippen LogP contribution >= 0.6 is 15.9 Å². The second-order valence-electron chi connectivity index (χ2n) is 6.63. The Balaban J connectivity index is 2.12. The van der Waals surface area contributed by atoms with Crippen molar-refractivity contribution in [3.05, 3.63) is 57.6 Å². The maximum absolute atomic E-state index is 6.03. The first-order chi connectivity index (χ1) is 12.0. The van der Waals surface area contributed by atoms with Crippen molar-refractivity contribution in [2.24, 2.45) is 5.92 Å². The molecule has 0 atom stereocenters. The Morgan fingerprint density at radius 1 is 1.08 bits per heavy atom. The normalized spacial score (nSPS) is 11.0. The van der Waals surface area contributed by atoms with Gasteiger partial charge in [-0.3, -0.25) is 0 Å². The molecule has 0 aromatic heterocycles. The number of benzene rings is 2. The van der Waals surface area contributed by atoms with Gasteiger partial charge in [0.1, 0.15) is 6.61 Å². The molecule has 25 heavy (non-hydrogen) atoms. The van der Waals surface area contributed by atoms with E-state index in [1.807, 2.05) is 13.0 Å². The van der Waals surface area contributed by atoms with Crippen molar-refractivity contribution in [2.45, 2.75) is 40.8 Å². The van der Waals surface area contributed by atoms with E-state index >= 15 is 0 Å². The Kier molecular flexibility index (Phi) is 7.79. The Morgan fingerprint density at radius 2 is 1.84 bits per heavy atom. The standard InChI is InChI=1S/C21H28BrNO2/c1-5-24-20-10-18(13-23-12-15(2)3)19(22)11-21(20)25-14-17-8-6-7-16(4)9-17/h6-11,15,23H,5,12-14H2,1-4H3. The van der Waals surface area contributed by atoms with Crippen LogP contribution in [0, 0.1) is 12.8 Å². The van der Waals surface area contributed by atoms with Crippen molar-refractivity contribution in [1.29, 1.82) is 0 Å². The highest BCUT2D eigenvalue weighted by atomic mass is 79.9. The maximum atomic E-state index is 6.03. The van der Waals surface area contributed by atoms with Gasteiger partial charge in [-0.25, -0.2) is 0 Å². The summed E-state index contributed by atoms with van der Waals surface area (Å²) >= 11 is 3.66. The fourth-order valence-corrected chi connectivity index (χ4v) is 3.01. The smallest absolute Gasteiger partial charge is 0.162 e. The average Bonchev–Trinajstić information content (AvgIpc) is 2.56. The Bertz CT molecular complexity index is 686. The number of nitrogens with one attached hydrogen (secondary N) is 1. The highest BCUT2D eigenvalue weighted by molar-refractivity contribution is 9.10. The van der Waals surface area contributed by atoms with E-state index in [0.29, 0.717) is 19.1 Å². The highest BCUT2D eigenvalue weighted by Gasteiger charge is 2.11. The number of hydrogen-bond donors (Lipinski definition) is 1. The Morgan fingerprint density at radius 3 is 2.52 bits per heavy atom. The van der Waals surface area contributed by atoms with Crippen LogP contribution in [0.1, 0.15) is 37.5 Å². The minimum absolute atomic E-state index is 0.527. The Hall–Kier alpha value is -1.52. The van der Waals surface area contributed by atoms with Crippen LogP contribution in [0.15, 0.2) is 40.9 Å². The van der Waals surface area contributed by atoms with Gasteiger partial charge in [0.25, 0.3) is 0 Å². The summed E-state index contributed by atoms with van der Waals surface area (Å²) in [5, 5.41) is 3.47. The van der Waals surface area contributed by atoms with Crippen LogP contribution in [-0.4, -0.2) is 13.2 Å². The molecule has 0 aliphatic heterocycles. The van der Waals surface area contributed by atoms with Gasteiger partial charge in [-0.15, -0.1) is 0 Å². The van der Waals surface area contributed by atoms with Crippen molar-refractivity contribution in [3.8, 4) is 11.5 Å². The van der Waals surface area contributed by atoms with Crippen LogP contribution in [0.4, 0.5) is 0 Å². The summed E-state index contributed by atoms with van der Waals surface area (Å²) < 4.78 is 12.9. The molecule has 0 saturated heterocycles. The summed E-state index contributed by atoms with van der Waals surface area (Å²) in [4.78, 5) is 0. The average molecular weight is 406 g/mol. The molecule has 0 amide bonds. The van der Waals surface area contributed by atoms with Crippen LogP contribution < -0.4 is 14.8 Å². The molecular weight excluding hydrogens is 378 g/mol. The zero-order valence-corrected chi connectivity index (χ0v) is 17.2. The molecule has 2 aromatic carbocycles. The van der Waals surface area contributed by atoms with Crippen molar-refractivity contribution in [2.75, 3.05) is 13.2 Å². The minimum atomic E-state index is 0.527. The maximum Gasteiger partial charge on any atom is 0.162 e. The first-order valence-electron chi connectivity index (χ1n) is 8.83. The van der Waals surface area contributed by atoms with Gasteiger partial charge in [-0.05, 0) is 49.6 Å².